The number of esters is 1. The summed E-state index contributed by atoms with van der Waals surface area (Å²) in [4.78, 5) is 23.9. The predicted octanol–water partition coefficient (Wildman–Crippen LogP) is 4.04. The summed E-state index contributed by atoms with van der Waals surface area (Å²) >= 11 is 0. The minimum Gasteiger partial charge on any atom is -0.497 e. The standard InChI is InChI=1S/C22H22O5/c1-3-15-6-10-19-17(13-22(24)27-20(19)12-15)14-26-21(23)11-7-16-4-8-18(25-2)9-5-16/h4-6,8-10,12-13H,3,7,11,14H2,1-2H3. The molecule has 0 spiro atoms. The molecule has 0 saturated heterocycles. The van der Waals surface area contributed by atoms with Crippen molar-refractivity contribution in [3.63, 3.8) is 0 Å². The third-order valence-corrected chi connectivity index (χ3v) is 4.47. The summed E-state index contributed by atoms with van der Waals surface area (Å²) < 4.78 is 15.8. The zero-order valence-corrected chi connectivity index (χ0v) is 15.5. The molecule has 2 aromatic carbocycles. The summed E-state index contributed by atoms with van der Waals surface area (Å²) in [5, 5.41) is 0.787. The van der Waals surface area contributed by atoms with E-state index in [4.69, 9.17) is 13.9 Å². The van der Waals surface area contributed by atoms with Gasteiger partial charge in [-0.3, -0.25) is 4.79 Å². The highest BCUT2D eigenvalue weighted by molar-refractivity contribution is 5.81. The van der Waals surface area contributed by atoms with Crippen molar-refractivity contribution in [3.8, 4) is 5.75 Å². The summed E-state index contributed by atoms with van der Waals surface area (Å²) in [5.41, 5.74) is 2.85. The van der Waals surface area contributed by atoms with Gasteiger partial charge < -0.3 is 13.9 Å². The van der Waals surface area contributed by atoms with Crippen molar-refractivity contribution in [3.05, 3.63) is 75.6 Å². The molecule has 0 bridgehead atoms. The normalized spacial score (nSPS) is 10.7. The average Bonchev–Trinajstić information content (AvgIpc) is 2.70. The fraction of sp³-hybridized carbons (Fsp3) is 0.273. The summed E-state index contributed by atoms with van der Waals surface area (Å²) in [7, 11) is 1.61. The number of benzene rings is 2. The number of methoxy groups -OCH3 is 1. The fourth-order valence-electron chi connectivity index (χ4n) is 2.88. The van der Waals surface area contributed by atoms with Crippen molar-refractivity contribution in [1.82, 2.24) is 0 Å². The minimum atomic E-state index is -0.444. The summed E-state index contributed by atoms with van der Waals surface area (Å²) in [6, 6.07) is 14.7. The zero-order chi connectivity index (χ0) is 19.2. The molecule has 0 atom stereocenters. The van der Waals surface area contributed by atoms with Gasteiger partial charge in [-0.1, -0.05) is 31.2 Å². The first-order valence-corrected chi connectivity index (χ1v) is 8.93. The van der Waals surface area contributed by atoms with Gasteiger partial charge in [0.05, 0.1) is 7.11 Å². The monoisotopic (exact) mass is 366 g/mol. The molecule has 3 rings (SSSR count). The molecule has 5 nitrogen and oxygen atoms in total. The van der Waals surface area contributed by atoms with E-state index in [1.807, 2.05) is 49.4 Å². The quantitative estimate of drug-likeness (QED) is 0.466. The molecule has 0 saturated carbocycles. The Bertz CT molecular complexity index is 986. The van der Waals surface area contributed by atoms with E-state index in [1.54, 1.807) is 7.11 Å². The Labute approximate surface area is 157 Å². The molecule has 0 N–H and O–H groups in total. The third-order valence-electron chi connectivity index (χ3n) is 4.47. The van der Waals surface area contributed by atoms with Gasteiger partial charge in [-0.25, -0.2) is 4.79 Å². The van der Waals surface area contributed by atoms with Crippen LogP contribution in [0, 0.1) is 0 Å². The molecule has 140 valence electrons. The maximum absolute atomic E-state index is 12.1. The number of hydrogen-bond donors (Lipinski definition) is 0. The van der Waals surface area contributed by atoms with Gasteiger partial charge >= 0.3 is 11.6 Å². The van der Waals surface area contributed by atoms with Crippen molar-refractivity contribution >= 4 is 16.9 Å². The maximum atomic E-state index is 12.1. The van der Waals surface area contributed by atoms with Gasteiger partial charge in [0, 0.05) is 23.4 Å². The number of hydrogen-bond acceptors (Lipinski definition) is 5. The molecule has 1 aromatic heterocycles. The molecule has 0 amide bonds. The van der Waals surface area contributed by atoms with Crippen LogP contribution in [0.25, 0.3) is 11.0 Å². The van der Waals surface area contributed by atoms with Crippen LogP contribution in [0.4, 0.5) is 0 Å². The van der Waals surface area contributed by atoms with E-state index >= 15 is 0 Å². The van der Waals surface area contributed by atoms with Gasteiger partial charge in [-0.2, -0.15) is 0 Å². The average molecular weight is 366 g/mol. The summed E-state index contributed by atoms with van der Waals surface area (Å²) in [5.74, 6) is 0.472. The highest BCUT2D eigenvalue weighted by Crippen LogP contribution is 2.20. The predicted molar refractivity (Wildman–Crippen MR) is 103 cm³/mol. The van der Waals surface area contributed by atoms with E-state index in [9.17, 15) is 9.59 Å². The molecule has 0 aliphatic carbocycles. The highest BCUT2D eigenvalue weighted by Gasteiger charge is 2.10. The van der Waals surface area contributed by atoms with E-state index in [-0.39, 0.29) is 19.0 Å². The topological polar surface area (TPSA) is 65.7 Å². The van der Waals surface area contributed by atoms with Crippen molar-refractivity contribution in [2.45, 2.75) is 32.8 Å². The Morgan fingerprint density at radius 2 is 1.78 bits per heavy atom. The molecule has 3 aromatic rings. The number of ether oxygens (including phenoxy) is 2. The van der Waals surface area contributed by atoms with Crippen molar-refractivity contribution in [1.29, 1.82) is 0 Å². The first-order valence-electron chi connectivity index (χ1n) is 8.93. The first-order chi connectivity index (χ1) is 13.1. The summed E-state index contributed by atoms with van der Waals surface area (Å²) in [6.07, 6.45) is 1.70. The van der Waals surface area contributed by atoms with Crippen molar-refractivity contribution in [2.24, 2.45) is 0 Å². The van der Waals surface area contributed by atoms with Crippen LogP contribution >= 0.6 is 0 Å². The lowest BCUT2D eigenvalue weighted by Gasteiger charge is -2.08. The van der Waals surface area contributed by atoms with Crippen LogP contribution in [-0.2, 0) is 29.0 Å². The van der Waals surface area contributed by atoms with E-state index < -0.39 is 5.63 Å². The van der Waals surface area contributed by atoms with Crippen LogP contribution in [0.5, 0.6) is 5.75 Å². The van der Waals surface area contributed by atoms with Gasteiger partial charge in [0.1, 0.15) is 17.9 Å². The van der Waals surface area contributed by atoms with E-state index in [0.29, 0.717) is 17.6 Å². The van der Waals surface area contributed by atoms with E-state index in [0.717, 1.165) is 28.7 Å². The van der Waals surface area contributed by atoms with Crippen molar-refractivity contribution in [2.75, 3.05) is 7.11 Å². The van der Waals surface area contributed by atoms with Gasteiger partial charge in [0.25, 0.3) is 0 Å². The Balaban J connectivity index is 1.63. The fourth-order valence-corrected chi connectivity index (χ4v) is 2.88. The Hall–Kier alpha value is -3.08. The first kappa shape index (κ1) is 18.7. The number of fused-ring (bicyclic) bond motifs is 1. The zero-order valence-electron chi connectivity index (χ0n) is 15.5. The number of carbonyl (C=O) groups excluding carboxylic acids is 1. The van der Waals surface area contributed by atoms with E-state index in [1.165, 1.54) is 6.07 Å². The SMILES string of the molecule is CCc1ccc2c(COC(=O)CCc3ccc(OC)cc3)cc(=O)oc2c1. The number of aryl methyl sites for hydroxylation is 2. The molecule has 0 aliphatic rings. The molecule has 5 heteroatoms. The van der Waals surface area contributed by atoms with E-state index in [2.05, 4.69) is 0 Å². The van der Waals surface area contributed by atoms with Gasteiger partial charge in [0.15, 0.2) is 0 Å². The maximum Gasteiger partial charge on any atom is 0.336 e. The van der Waals surface area contributed by atoms with Crippen LogP contribution in [-0.4, -0.2) is 13.1 Å². The molecule has 27 heavy (non-hydrogen) atoms. The third kappa shape index (κ3) is 4.76. The lowest BCUT2D eigenvalue weighted by atomic mass is 10.1. The lowest BCUT2D eigenvalue weighted by Crippen LogP contribution is -2.08. The van der Waals surface area contributed by atoms with Crippen molar-refractivity contribution < 1.29 is 18.7 Å². The second kappa shape index (κ2) is 8.54. The minimum absolute atomic E-state index is 0.0506. The largest absolute Gasteiger partial charge is 0.497 e. The lowest BCUT2D eigenvalue weighted by molar-refractivity contribution is -0.144. The molecule has 0 unspecified atom stereocenters. The van der Waals surface area contributed by atoms with Crippen LogP contribution in [0.1, 0.15) is 30.0 Å². The molecular formula is C22H22O5. The number of carbonyl (C=O) groups is 1. The Morgan fingerprint density at radius 3 is 2.48 bits per heavy atom. The second-order valence-corrected chi connectivity index (χ2v) is 6.28. The van der Waals surface area contributed by atoms with Crippen LogP contribution < -0.4 is 10.4 Å². The van der Waals surface area contributed by atoms with Gasteiger partial charge in [-0.05, 0) is 42.2 Å². The Morgan fingerprint density at radius 1 is 1.04 bits per heavy atom. The molecule has 0 aliphatic heterocycles. The number of rotatable bonds is 7. The smallest absolute Gasteiger partial charge is 0.336 e. The van der Waals surface area contributed by atoms with Gasteiger partial charge in [0.2, 0.25) is 0 Å². The Kier molecular flexibility index (Phi) is 5.91. The van der Waals surface area contributed by atoms with Crippen LogP contribution in [0.2, 0.25) is 0 Å². The molecule has 0 fully saturated rings. The summed E-state index contributed by atoms with van der Waals surface area (Å²) in [6.45, 7) is 2.09. The molecule has 0 radical (unpaired) electrons. The molecular weight excluding hydrogens is 344 g/mol. The molecule has 1 heterocycles. The van der Waals surface area contributed by atoms with Crippen LogP contribution in [0.3, 0.4) is 0 Å². The second-order valence-electron chi connectivity index (χ2n) is 6.28. The van der Waals surface area contributed by atoms with Crippen LogP contribution in [0.15, 0.2) is 57.7 Å². The van der Waals surface area contributed by atoms with Gasteiger partial charge in [-0.15, -0.1) is 0 Å². The highest BCUT2D eigenvalue weighted by atomic mass is 16.5.